The molecule has 96 valence electrons. The first-order chi connectivity index (χ1) is 8.09. The second-order valence-electron chi connectivity index (χ2n) is 4.76. The first kappa shape index (κ1) is 14.1. The van der Waals surface area contributed by atoms with Crippen molar-refractivity contribution in [3.63, 3.8) is 0 Å². The molecule has 0 saturated heterocycles. The minimum absolute atomic E-state index is 0.101. The highest BCUT2D eigenvalue weighted by Crippen LogP contribution is 2.23. The smallest absolute Gasteiger partial charge is 0.0573 e. The molecule has 0 aliphatic heterocycles. The van der Waals surface area contributed by atoms with Gasteiger partial charge in [-0.2, -0.15) is 0 Å². The Morgan fingerprint density at radius 1 is 1.35 bits per heavy atom. The molecule has 3 nitrogen and oxygen atoms in total. The first-order valence-electron chi connectivity index (χ1n) is 6.41. The number of aromatic nitrogens is 1. The van der Waals surface area contributed by atoms with Gasteiger partial charge >= 0.3 is 0 Å². The Balaban J connectivity index is 2.84. The fourth-order valence-corrected chi connectivity index (χ4v) is 2.31. The molecule has 0 radical (unpaired) electrons. The fraction of sp³-hybridized carbons (Fsp3) is 0.643. The monoisotopic (exact) mass is 235 g/mol. The molecule has 0 saturated carbocycles. The zero-order valence-corrected chi connectivity index (χ0v) is 11.5. The maximum Gasteiger partial charge on any atom is 0.0573 e. The molecule has 2 N–H and O–H groups in total. The number of nitrogens with zero attached hydrogens (tertiary/aromatic N) is 2. The molecule has 0 spiro atoms. The molecule has 1 rings (SSSR count). The summed E-state index contributed by atoms with van der Waals surface area (Å²) < 4.78 is 0. The van der Waals surface area contributed by atoms with Gasteiger partial charge < -0.3 is 5.73 Å². The molecule has 1 aromatic heterocycles. The van der Waals surface area contributed by atoms with Crippen molar-refractivity contribution in [2.45, 2.75) is 45.7 Å². The van der Waals surface area contributed by atoms with Gasteiger partial charge in [0.2, 0.25) is 0 Å². The van der Waals surface area contributed by atoms with Gasteiger partial charge in [0.15, 0.2) is 0 Å². The number of nitrogens with two attached hydrogens (primary N) is 1. The number of aryl methyl sites for hydroxylation is 1. The molecule has 0 amide bonds. The minimum Gasteiger partial charge on any atom is -0.329 e. The molecule has 0 bridgehead atoms. The van der Waals surface area contributed by atoms with Gasteiger partial charge in [0.05, 0.1) is 5.69 Å². The zero-order valence-electron chi connectivity index (χ0n) is 11.5. The van der Waals surface area contributed by atoms with Crippen LogP contribution in [0.3, 0.4) is 0 Å². The van der Waals surface area contributed by atoms with Crippen LogP contribution in [-0.4, -0.2) is 29.0 Å². The van der Waals surface area contributed by atoms with Gasteiger partial charge in [-0.05, 0) is 38.4 Å². The van der Waals surface area contributed by atoms with Crippen LogP contribution in [0.25, 0.3) is 0 Å². The van der Waals surface area contributed by atoms with E-state index in [9.17, 15) is 0 Å². The standard InChI is InChI=1S/C14H25N3/c1-5-14(6-2,11-15)17(4)10-13-12(3)8-7-9-16-13/h7-9H,5-6,10-11,15H2,1-4H3. The van der Waals surface area contributed by atoms with Crippen molar-refractivity contribution >= 4 is 0 Å². The summed E-state index contributed by atoms with van der Waals surface area (Å²) in [6, 6.07) is 4.09. The largest absolute Gasteiger partial charge is 0.329 e. The second kappa shape index (κ2) is 6.12. The van der Waals surface area contributed by atoms with Gasteiger partial charge in [-0.3, -0.25) is 9.88 Å². The summed E-state index contributed by atoms with van der Waals surface area (Å²) in [5.74, 6) is 0. The quantitative estimate of drug-likeness (QED) is 0.823. The molecule has 3 heteroatoms. The summed E-state index contributed by atoms with van der Waals surface area (Å²) >= 11 is 0. The number of hydrogen-bond acceptors (Lipinski definition) is 3. The average Bonchev–Trinajstić information content (AvgIpc) is 2.35. The maximum atomic E-state index is 5.96. The van der Waals surface area contributed by atoms with Crippen molar-refractivity contribution in [3.05, 3.63) is 29.6 Å². The van der Waals surface area contributed by atoms with E-state index in [1.807, 2.05) is 12.3 Å². The van der Waals surface area contributed by atoms with Crippen LogP contribution in [0.2, 0.25) is 0 Å². The van der Waals surface area contributed by atoms with Gasteiger partial charge in [0.25, 0.3) is 0 Å². The molecule has 0 aliphatic carbocycles. The Hall–Kier alpha value is -0.930. The van der Waals surface area contributed by atoms with Crippen molar-refractivity contribution < 1.29 is 0 Å². The van der Waals surface area contributed by atoms with Gasteiger partial charge in [0.1, 0.15) is 0 Å². The van der Waals surface area contributed by atoms with Crippen molar-refractivity contribution in [1.82, 2.24) is 9.88 Å². The van der Waals surface area contributed by atoms with E-state index in [0.29, 0.717) is 6.54 Å². The Kier molecular flexibility index (Phi) is 5.09. The molecule has 17 heavy (non-hydrogen) atoms. The Labute approximate surface area is 105 Å². The number of pyridine rings is 1. The van der Waals surface area contributed by atoms with E-state index in [2.05, 4.69) is 43.8 Å². The van der Waals surface area contributed by atoms with E-state index in [0.717, 1.165) is 25.1 Å². The third-order valence-electron chi connectivity index (χ3n) is 4.01. The van der Waals surface area contributed by atoms with Crippen molar-refractivity contribution in [2.24, 2.45) is 5.73 Å². The molecule has 0 unspecified atom stereocenters. The lowest BCUT2D eigenvalue weighted by Crippen LogP contribution is -2.50. The molecule has 0 fully saturated rings. The van der Waals surface area contributed by atoms with E-state index in [4.69, 9.17) is 5.73 Å². The summed E-state index contributed by atoms with van der Waals surface area (Å²) in [4.78, 5) is 6.80. The third kappa shape index (κ3) is 3.05. The predicted molar refractivity (Wildman–Crippen MR) is 72.8 cm³/mol. The molecular weight excluding hydrogens is 210 g/mol. The van der Waals surface area contributed by atoms with Crippen LogP contribution in [-0.2, 0) is 6.54 Å². The Morgan fingerprint density at radius 3 is 2.47 bits per heavy atom. The highest BCUT2D eigenvalue weighted by molar-refractivity contribution is 5.17. The fourth-order valence-electron chi connectivity index (χ4n) is 2.31. The molecule has 0 aromatic carbocycles. The number of likely N-dealkylation sites (N-methyl/N-ethyl adjacent to an activating group) is 1. The maximum absolute atomic E-state index is 5.96. The lowest BCUT2D eigenvalue weighted by Gasteiger charge is -2.40. The summed E-state index contributed by atoms with van der Waals surface area (Å²) in [6.07, 6.45) is 4.00. The van der Waals surface area contributed by atoms with Gasteiger partial charge in [-0.15, -0.1) is 0 Å². The predicted octanol–water partition coefficient (Wildman–Crippen LogP) is 2.34. The Bertz CT molecular complexity index is 337. The van der Waals surface area contributed by atoms with E-state index in [1.54, 1.807) is 0 Å². The van der Waals surface area contributed by atoms with Crippen LogP contribution in [0.1, 0.15) is 37.9 Å². The van der Waals surface area contributed by atoms with Gasteiger partial charge in [-0.1, -0.05) is 19.9 Å². The van der Waals surface area contributed by atoms with Crippen LogP contribution in [0.5, 0.6) is 0 Å². The Morgan fingerprint density at radius 2 is 2.00 bits per heavy atom. The van der Waals surface area contributed by atoms with Gasteiger partial charge in [-0.25, -0.2) is 0 Å². The van der Waals surface area contributed by atoms with E-state index in [-0.39, 0.29) is 5.54 Å². The van der Waals surface area contributed by atoms with E-state index >= 15 is 0 Å². The number of rotatable bonds is 6. The third-order valence-corrected chi connectivity index (χ3v) is 4.01. The van der Waals surface area contributed by atoms with Gasteiger partial charge in [0, 0.05) is 24.8 Å². The van der Waals surface area contributed by atoms with Crippen molar-refractivity contribution in [1.29, 1.82) is 0 Å². The highest BCUT2D eigenvalue weighted by Gasteiger charge is 2.29. The minimum atomic E-state index is 0.101. The van der Waals surface area contributed by atoms with Crippen LogP contribution in [0.15, 0.2) is 18.3 Å². The second-order valence-corrected chi connectivity index (χ2v) is 4.76. The van der Waals surface area contributed by atoms with Crippen LogP contribution in [0, 0.1) is 6.92 Å². The van der Waals surface area contributed by atoms with Crippen LogP contribution in [0.4, 0.5) is 0 Å². The highest BCUT2D eigenvalue weighted by atomic mass is 15.2. The van der Waals surface area contributed by atoms with Crippen molar-refractivity contribution in [3.8, 4) is 0 Å². The topological polar surface area (TPSA) is 42.1 Å². The SMILES string of the molecule is CCC(CC)(CN)N(C)Cc1ncccc1C. The lowest BCUT2D eigenvalue weighted by atomic mass is 9.91. The van der Waals surface area contributed by atoms with E-state index in [1.165, 1.54) is 5.56 Å². The summed E-state index contributed by atoms with van der Waals surface area (Å²) in [7, 11) is 2.15. The zero-order chi connectivity index (χ0) is 12.9. The summed E-state index contributed by atoms with van der Waals surface area (Å²) in [6.45, 7) is 8.09. The first-order valence-corrected chi connectivity index (χ1v) is 6.41. The molecule has 0 aliphatic rings. The lowest BCUT2D eigenvalue weighted by molar-refractivity contribution is 0.106. The van der Waals surface area contributed by atoms with Crippen LogP contribution < -0.4 is 5.73 Å². The van der Waals surface area contributed by atoms with E-state index < -0.39 is 0 Å². The summed E-state index contributed by atoms with van der Waals surface area (Å²) in [5, 5.41) is 0. The molecule has 1 aromatic rings. The molecule has 0 atom stereocenters. The van der Waals surface area contributed by atoms with Crippen LogP contribution >= 0.6 is 0 Å². The normalized spacial score (nSPS) is 12.1. The number of hydrogen-bond donors (Lipinski definition) is 1. The molecule has 1 heterocycles. The summed E-state index contributed by atoms with van der Waals surface area (Å²) in [5.41, 5.74) is 8.46. The average molecular weight is 235 g/mol. The molecular formula is C14H25N3. The van der Waals surface area contributed by atoms with Crippen molar-refractivity contribution in [2.75, 3.05) is 13.6 Å².